The molecule has 0 aromatic carbocycles. The molecular formula is C11H17N2O3P. The number of hydrogen-bond donors (Lipinski definition) is 0. The Hall–Kier alpha value is -1.08. The third kappa shape index (κ3) is 4.01. The molecule has 0 radical (unpaired) electrons. The lowest BCUT2D eigenvalue weighted by Gasteiger charge is -2.17. The molecule has 0 unspecified atom stereocenters. The average molecular weight is 256 g/mol. The maximum atomic E-state index is 12.2. The van der Waals surface area contributed by atoms with E-state index in [0.717, 1.165) is 0 Å². The molecule has 0 saturated carbocycles. The van der Waals surface area contributed by atoms with Gasteiger partial charge in [-0.3, -0.25) is 4.57 Å². The van der Waals surface area contributed by atoms with Gasteiger partial charge in [-0.2, -0.15) is 5.26 Å². The van der Waals surface area contributed by atoms with Crippen molar-refractivity contribution >= 4 is 7.60 Å². The average Bonchev–Trinajstić information content (AvgIpc) is 2.74. The van der Waals surface area contributed by atoms with Crippen molar-refractivity contribution in [2.24, 2.45) is 0 Å². The molecule has 17 heavy (non-hydrogen) atoms. The summed E-state index contributed by atoms with van der Waals surface area (Å²) in [6.45, 7) is 4.72. The van der Waals surface area contributed by atoms with Crippen LogP contribution in [0.25, 0.3) is 0 Å². The van der Waals surface area contributed by atoms with Crippen LogP contribution in [0, 0.1) is 11.3 Å². The maximum absolute atomic E-state index is 12.2. The summed E-state index contributed by atoms with van der Waals surface area (Å²) in [7, 11) is -3.02. The summed E-state index contributed by atoms with van der Waals surface area (Å²) in [5.74, 6) is 0. The first-order valence-corrected chi connectivity index (χ1v) is 7.31. The second kappa shape index (κ2) is 6.61. The Kier molecular flexibility index (Phi) is 5.43. The fourth-order valence-electron chi connectivity index (χ4n) is 1.50. The van der Waals surface area contributed by atoms with E-state index in [1.807, 2.05) is 0 Å². The van der Waals surface area contributed by atoms with Gasteiger partial charge in [0.15, 0.2) is 0 Å². The van der Waals surface area contributed by atoms with Crippen LogP contribution in [0.1, 0.15) is 19.5 Å². The van der Waals surface area contributed by atoms with E-state index < -0.39 is 7.60 Å². The Bertz CT molecular complexity index is 426. The van der Waals surface area contributed by atoms with Gasteiger partial charge in [0.25, 0.3) is 0 Å². The lowest BCUT2D eigenvalue weighted by Crippen LogP contribution is -2.08. The van der Waals surface area contributed by atoms with E-state index in [2.05, 4.69) is 6.07 Å². The number of hydrogen-bond acceptors (Lipinski definition) is 4. The van der Waals surface area contributed by atoms with Gasteiger partial charge in [0.1, 0.15) is 11.8 Å². The number of nitrogens with zero attached hydrogens (tertiary/aromatic N) is 2. The molecule has 0 aliphatic heterocycles. The van der Waals surface area contributed by atoms with Crippen molar-refractivity contribution in [1.29, 1.82) is 5.26 Å². The maximum Gasteiger partial charge on any atom is 0.332 e. The van der Waals surface area contributed by atoms with E-state index in [1.165, 1.54) is 0 Å². The molecule has 0 aliphatic carbocycles. The van der Waals surface area contributed by atoms with E-state index in [0.29, 0.717) is 25.5 Å². The van der Waals surface area contributed by atoms with E-state index >= 15 is 0 Å². The van der Waals surface area contributed by atoms with Crippen molar-refractivity contribution in [3.05, 3.63) is 24.0 Å². The molecule has 0 spiro atoms. The molecule has 1 aromatic heterocycles. The number of rotatable bonds is 7. The summed E-state index contributed by atoms with van der Waals surface area (Å²) < 4.78 is 24.3. The van der Waals surface area contributed by atoms with E-state index in [9.17, 15) is 4.57 Å². The standard InChI is InChI=1S/C11H17N2O3P/c1-3-15-17(14,16-4-2)9-8-13-7-5-6-11(13)10-12/h5-7H,3-4,8-9H2,1-2H3. The van der Waals surface area contributed by atoms with Gasteiger partial charge < -0.3 is 13.6 Å². The van der Waals surface area contributed by atoms with Crippen LogP contribution in [0.2, 0.25) is 0 Å². The highest BCUT2D eigenvalue weighted by molar-refractivity contribution is 7.53. The second-order valence-corrected chi connectivity index (χ2v) is 5.55. The van der Waals surface area contributed by atoms with Crippen molar-refractivity contribution in [3.8, 4) is 6.07 Å². The minimum absolute atomic E-state index is 0.276. The highest BCUT2D eigenvalue weighted by Crippen LogP contribution is 2.47. The monoisotopic (exact) mass is 256 g/mol. The normalized spacial score (nSPS) is 11.4. The van der Waals surface area contributed by atoms with Crippen molar-refractivity contribution < 1.29 is 13.6 Å². The van der Waals surface area contributed by atoms with Gasteiger partial charge >= 0.3 is 7.60 Å². The lowest BCUT2D eigenvalue weighted by atomic mass is 10.5. The molecule has 1 heterocycles. The molecule has 0 aliphatic rings. The van der Waals surface area contributed by atoms with Crippen molar-refractivity contribution in [2.75, 3.05) is 19.4 Å². The quantitative estimate of drug-likeness (QED) is 0.703. The number of aryl methyl sites for hydroxylation is 1. The molecule has 0 saturated heterocycles. The highest BCUT2D eigenvalue weighted by atomic mass is 31.2. The zero-order valence-corrected chi connectivity index (χ0v) is 11.0. The Morgan fingerprint density at radius 1 is 1.41 bits per heavy atom. The van der Waals surface area contributed by atoms with Gasteiger partial charge in [-0.05, 0) is 26.0 Å². The molecule has 0 bridgehead atoms. The molecule has 0 amide bonds. The predicted molar refractivity (Wildman–Crippen MR) is 64.9 cm³/mol. The Morgan fingerprint density at radius 2 is 2.06 bits per heavy atom. The van der Waals surface area contributed by atoms with Crippen LogP contribution in [-0.2, 0) is 20.2 Å². The Morgan fingerprint density at radius 3 is 2.59 bits per heavy atom. The third-order valence-corrected chi connectivity index (χ3v) is 4.26. The summed E-state index contributed by atoms with van der Waals surface area (Å²) in [5.41, 5.74) is 0.546. The highest BCUT2D eigenvalue weighted by Gasteiger charge is 2.23. The molecule has 0 N–H and O–H groups in total. The van der Waals surface area contributed by atoms with Crippen LogP contribution in [0.4, 0.5) is 0 Å². The van der Waals surface area contributed by atoms with Gasteiger partial charge in [-0.15, -0.1) is 0 Å². The smallest absolute Gasteiger partial charge is 0.332 e. The Labute approximate surface area is 101 Å². The molecule has 0 atom stereocenters. The molecule has 1 rings (SSSR count). The minimum atomic E-state index is -3.02. The van der Waals surface area contributed by atoms with Gasteiger partial charge in [-0.1, -0.05) is 0 Å². The van der Waals surface area contributed by atoms with Gasteiger partial charge in [0, 0.05) is 12.7 Å². The fraction of sp³-hybridized carbons (Fsp3) is 0.545. The van der Waals surface area contributed by atoms with Crippen molar-refractivity contribution in [3.63, 3.8) is 0 Å². The van der Waals surface area contributed by atoms with Gasteiger partial charge in [-0.25, -0.2) is 0 Å². The third-order valence-electron chi connectivity index (χ3n) is 2.21. The fourth-order valence-corrected chi connectivity index (χ4v) is 3.08. The molecule has 1 aromatic rings. The summed E-state index contributed by atoms with van der Waals surface area (Å²) in [4.78, 5) is 0. The van der Waals surface area contributed by atoms with Gasteiger partial charge in [0.2, 0.25) is 0 Å². The minimum Gasteiger partial charge on any atom is -0.339 e. The van der Waals surface area contributed by atoms with Crippen LogP contribution < -0.4 is 0 Å². The number of nitriles is 1. The largest absolute Gasteiger partial charge is 0.339 e. The second-order valence-electron chi connectivity index (χ2n) is 3.37. The predicted octanol–water partition coefficient (Wildman–Crippen LogP) is 2.63. The molecule has 94 valence electrons. The van der Waals surface area contributed by atoms with Crippen molar-refractivity contribution in [1.82, 2.24) is 4.57 Å². The van der Waals surface area contributed by atoms with E-state index in [1.54, 1.807) is 36.7 Å². The molecule has 5 nitrogen and oxygen atoms in total. The molecular weight excluding hydrogens is 239 g/mol. The SMILES string of the molecule is CCOP(=O)(CCn1cccc1C#N)OCC. The van der Waals surface area contributed by atoms with Crippen LogP contribution >= 0.6 is 7.60 Å². The summed E-state index contributed by atoms with van der Waals surface area (Å²) in [5, 5.41) is 8.84. The van der Waals surface area contributed by atoms with Gasteiger partial charge in [0.05, 0.1) is 19.4 Å². The summed E-state index contributed by atoms with van der Waals surface area (Å²) in [6.07, 6.45) is 2.05. The number of aromatic nitrogens is 1. The van der Waals surface area contributed by atoms with Crippen LogP contribution in [0.3, 0.4) is 0 Å². The molecule has 6 heteroatoms. The molecule has 0 fully saturated rings. The van der Waals surface area contributed by atoms with E-state index in [-0.39, 0.29) is 6.16 Å². The summed E-state index contributed by atoms with van der Waals surface area (Å²) in [6, 6.07) is 5.56. The van der Waals surface area contributed by atoms with Crippen LogP contribution in [-0.4, -0.2) is 23.9 Å². The first kappa shape index (κ1) is 14.0. The zero-order chi connectivity index (χ0) is 12.7. The Balaban J connectivity index is 2.64. The van der Waals surface area contributed by atoms with Crippen LogP contribution in [0.15, 0.2) is 18.3 Å². The van der Waals surface area contributed by atoms with Crippen molar-refractivity contribution in [2.45, 2.75) is 20.4 Å². The topological polar surface area (TPSA) is 64.2 Å². The summed E-state index contributed by atoms with van der Waals surface area (Å²) >= 11 is 0. The first-order chi connectivity index (χ1) is 8.15. The van der Waals surface area contributed by atoms with E-state index in [4.69, 9.17) is 14.3 Å². The first-order valence-electron chi connectivity index (χ1n) is 5.58. The lowest BCUT2D eigenvalue weighted by molar-refractivity contribution is 0.219. The van der Waals surface area contributed by atoms with Crippen LogP contribution in [0.5, 0.6) is 0 Å². The zero-order valence-electron chi connectivity index (χ0n) is 10.1.